The van der Waals surface area contributed by atoms with Crippen LogP contribution in [0, 0.1) is 0 Å². The number of halogens is 1. The Morgan fingerprint density at radius 1 is 1.47 bits per heavy atom. The number of thiazole rings is 1. The molecule has 0 aliphatic heterocycles. The topological polar surface area (TPSA) is 78.5 Å². The molecule has 3 heterocycles. The zero-order valence-corrected chi connectivity index (χ0v) is 11.5. The number of aromatic nitrogens is 6. The number of hydrogen-bond donors (Lipinski definition) is 0. The summed E-state index contributed by atoms with van der Waals surface area (Å²) in [7, 11) is 1.72. The van der Waals surface area contributed by atoms with Crippen LogP contribution in [0.5, 0.6) is 0 Å². The normalized spacial score (nSPS) is 11.3. The molecule has 3 aromatic heterocycles. The van der Waals surface area contributed by atoms with Crippen LogP contribution in [0.15, 0.2) is 16.4 Å². The Morgan fingerprint density at radius 2 is 2.32 bits per heavy atom. The van der Waals surface area contributed by atoms with Crippen LogP contribution in [0.25, 0.3) is 11.0 Å². The molecule has 3 rings (SSSR count). The third-order valence-corrected chi connectivity index (χ3v) is 3.80. The van der Waals surface area contributed by atoms with Crippen molar-refractivity contribution in [1.82, 2.24) is 29.8 Å². The summed E-state index contributed by atoms with van der Waals surface area (Å²) in [5, 5.41) is 15.0. The third-order valence-electron chi connectivity index (χ3n) is 2.64. The molecule has 0 fully saturated rings. The molecule has 0 unspecified atom stereocenters. The van der Waals surface area contributed by atoms with Crippen molar-refractivity contribution in [2.24, 2.45) is 7.05 Å². The predicted molar refractivity (Wildman–Crippen MR) is 71.3 cm³/mol. The van der Waals surface area contributed by atoms with Gasteiger partial charge in [0.2, 0.25) is 0 Å². The monoisotopic (exact) mass is 296 g/mol. The van der Waals surface area contributed by atoms with E-state index in [1.165, 1.54) is 26.9 Å². The van der Waals surface area contributed by atoms with E-state index in [4.69, 9.17) is 11.6 Å². The molecule has 0 spiro atoms. The van der Waals surface area contributed by atoms with E-state index in [-0.39, 0.29) is 12.1 Å². The number of hydrogen-bond acceptors (Lipinski definition) is 6. The van der Waals surface area contributed by atoms with Gasteiger partial charge in [0.05, 0.1) is 24.3 Å². The fraction of sp³-hybridized carbons (Fsp3) is 0.300. The molecule has 0 aliphatic rings. The summed E-state index contributed by atoms with van der Waals surface area (Å²) in [5.74, 6) is 0.360. The van der Waals surface area contributed by atoms with E-state index < -0.39 is 0 Å². The van der Waals surface area contributed by atoms with Crippen LogP contribution in [0.2, 0.25) is 0 Å². The third kappa shape index (κ3) is 2.13. The number of nitrogens with zero attached hydrogens (tertiary/aromatic N) is 6. The Balaban J connectivity index is 2.01. The first-order valence-electron chi connectivity index (χ1n) is 5.44. The molecule has 0 bridgehead atoms. The van der Waals surface area contributed by atoms with Gasteiger partial charge in [-0.1, -0.05) is 5.21 Å². The second kappa shape index (κ2) is 4.71. The molecule has 0 amide bonds. The van der Waals surface area contributed by atoms with Gasteiger partial charge in [0.1, 0.15) is 10.4 Å². The SMILES string of the molecule is Cn1ncc2c(=O)n(Cc3nc(CCl)cs3)nnc21. The maximum absolute atomic E-state index is 12.2. The fourth-order valence-corrected chi connectivity index (χ4v) is 2.69. The van der Waals surface area contributed by atoms with Crippen molar-refractivity contribution >= 4 is 34.0 Å². The summed E-state index contributed by atoms with van der Waals surface area (Å²) >= 11 is 7.14. The Kier molecular flexibility index (Phi) is 3.03. The molecule has 0 saturated carbocycles. The van der Waals surface area contributed by atoms with Gasteiger partial charge in [0, 0.05) is 12.4 Å². The minimum absolute atomic E-state index is 0.222. The molecule has 0 radical (unpaired) electrons. The predicted octanol–water partition coefficient (Wildman–Crippen LogP) is 0.769. The molecule has 0 aromatic carbocycles. The summed E-state index contributed by atoms with van der Waals surface area (Å²) in [6.45, 7) is 0.290. The molecule has 3 aromatic rings. The van der Waals surface area contributed by atoms with Gasteiger partial charge in [0.15, 0.2) is 5.65 Å². The first kappa shape index (κ1) is 12.2. The van der Waals surface area contributed by atoms with E-state index in [0.717, 1.165) is 10.7 Å². The second-order valence-electron chi connectivity index (χ2n) is 3.92. The number of aryl methyl sites for hydroxylation is 1. The van der Waals surface area contributed by atoms with Gasteiger partial charge in [0.25, 0.3) is 5.56 Å². The van der Waals surface area contributed by atoms with Gasteiger partial charge < -0.3 is 0 Å². The Labute approximate surface area is 116 Å². The molecule has 9 heteroatoms. The average Bonchev–Trinajstić information content (AvgIpc) is 3.00. The van der Waals surface area contributed by atoms with Gasteiger partial charge in [-0.05, 0) is 0 Å². The highest BCUT2D eigenvalue weighted by Crippen LogP contribution is 2.12. The summed E-state index contributed by atoms with van der Waals surface area (Å²) in [6.07, 6.45) is 1.49. The average molecular weight is 297 g/mol. The number of alkyl halides is 1. The number of fused-ring (bicyclic) bond motifs is 1. The van der Waals surface area contributed by atoms with Crippen molar-refractivity contribution in [1.29, 1.82) is 0 Å². The minimum Gasteiger partial charge on any atom is -0.267 e. The van der Waals surface area contributed by atoms with Crippen molar-refractivity contribution in [3.8, 4) is 0 Å². The van der Waals surface area contributed by atoms with Crippen LogP contribution in [-0.2, 0) is 19.5 Å². The Bertz CT molecular complexity index is 791. The first-order valence-corrected chi connectivity index (χ1v) is 6.85. The molecule has 0 saturated heterocycles. The first-order chi connectivity index (χ1) is 9.19. The second-order valence-corrected chi connectivity index (χ2v) is 5.13. The highest BCUT2D eigenvalue weighted by atomic mass is 35.5. The zero-order chi connectivity index (χ0) is 13.4. The standard InChI is InChI=1S/C10H9ClN6OS/c1-16-9-7(3-12-16)10(18)17(15-14-9)4-8-13-6(2-11)5-19-8/h3,5H,2,4H2,1H3. The lowest BCUT2D eigenvalue weighted by Crippen LogP contribution is -2.24. The van der Waals surface area contributed by atoms with E-state index in [9.17, 15) is 4.79 Å². The summed E-state index contributed by atoms with van der Waals surface area (Å²) in [5.41, 5.74) is 1.05. The van der Waals surface area contributed by atoms with Crippen molar-refractivity contribution < 1.29 is 0 Å². The highest BCUT2D eigenvalue weighted by Gasteiger charge is 2.11. The summed E-state index contributed by atoms with van der Waals surface area (Å²) in [4.78, 5) is 16.5. The molecule has 0 aliphatic carbocycles. The maximum atomic E-state index is 12.2. The smallest absolute Gasteiger partial charge is 0.267 e. The van der Waals surface area contributed by atoms with Gasteiger partial charge in [-0.3, -0.25) is 4.79 Å². The molecule has 7 nitrogen and oxygen atoms in total. The molecular formula is C10H9ClN6OS. The van der Waals surface area contributed by atoms with Gasteiger partial charge in [-0.15, -0.1) is 28.0 Å². The van der Waals surface area contributed by atoms with Crippen LogP contribution < -0.4 is 5.56 Å². The van der Waals surface area contributed by atoms with Crippen LogP contribution in [0.3, 0.4) is 0 Å². The van der Waals surface area contributed by atoms with Crippen molar-refractivity contribution in [3.63, 3.8) is 0 Å². The van der Waals surface area contributed by atoms with Crippen LogP contribution in [0.1, 0.15) is 10.7 Å². The molecule has 0 atom stereocenters. The summed E-state index contributed by atoms with van der Waals surface area (Å²) < 4.78 is 2.80. The summed E-state index contributed by atoms with van der Waals surface area (Å²) in [6, 6.07) is 0. The molecule has 0 N–H and O–H groups in total. The lowest BCUT2D eigenvalue weighted by atomic mass is 10.4. The van der Waals surface area contributed by atoms with Crippen molar-refractivity contribution in [3.05, 3.63) is 32.6 Å². The Morgan fingerprint density at radius 3 is 3.05 bits per heavy atom. The maximum Gasteiger partial charge on any atom is 0.281 e. The molecule has 98 valence electrons. The lowest BCUT2D eigenvalue weighted by molar-refractivity contribution is 0.593. The zero-order valence-electron chi connectivity index (χ0n) is 9.95. The highest BCUT2D eigenvalue weighted by molar-refractivity contribution is 7.09. The fourth-order valence-electron chi connectivity index (χ4n) is 1.69. The van der Waals surface area contributed by atoms with E-state index in [0.29, 0.717) is 16.9 Å². The van der Waals surface area contributed by atoms with E-state index in [2.05, 4.69) is 20.4 Å². The quantitative estimate of drug-likeness (QED) is 0.667. The van der Waals surface area contributed by atoms with Gasteiger partial charge in [-0.2, -0.15) is 5.10 Å². The van der Waals surface area contributed by atoms with E-state index in [1.54, 1.807) is 7.05 Å². The Hall–Kier alpha value is -1.80. The van der Waals surface area contributed by atoms with Crippen LogP contribution >= 0.6 is 22.9 Å². The molecular weight excluding hydrogens is 288 g/mol. The lowest BCUT2D eigenvalue weighted by Gasteiger charge is -2.00. The number of rotatable bonds is 3. The van der Waals surface area contributed by atoms with Gasteiger partial charge >= 0.3 is 0 Å². The van der Waals surface area contributed by atoms with Crippen LogP contribution in [-0.4, -0.2) is 29.8 Å². The van der Waals surface area contributed by atoms with Crippen LogP contribution in [0.4, 0.5) is 0 Å². The molecule has 19 heavy (non-hydrogen) atoms. The minimum atomic E-state index is -0.222. The van der Waals surface area contributed by atoms with Crippen molar-refractivity contribution in [2.75, 3.05) is 0 Å². The van der Waals surface area contributed by atoms with Crippen molar-refractivity contribution in [2.45, 2.75) is 12.4 Å². The van der Waals surface area contributed by atoms with E-state index in [1.807, 2.05) is 5.38 Å². The largest absolute Gasteiger partial charge is 0.281 e. The van der Waals surface area contributed by atoms with Gasteiger partial charge in [-0.25, -0.2) is 14.3 Å². The van der Waals surface area contributed by atoms with E-state index >= 15 is 0 Å².